The molecule has 0 aliphatic carbocycles. The number of aldehydes is 1. The summed E-state index contributed by atoms with van der Waals surface area (Å²) in [5.74, 6) is -0.793. The number of nitrogens with zero attached hydrogens (tertiary/aromatic N) is 2. The van der Waals surface area contributed by atoms with E-state index in [0.717, 1.165) is 16.7 Å². The summed E-state index contributed by atoms with van der Waals surface area (Å²) in [5.41, 5.74) is 2.55. The topological polar surface area (TPSA) is 96.0 Å². The minimum absolute atomic E-state index is 0.0366. The third kappa shape index (κ3) is 6.82. The van der Waals surface area contributed by atoms with E-state index in [1.807, 2.05) is 91.0 Å². The fourth-order valence-electron chi connectivity index (χ4n) is 4.38. The van der Waals surface area contributed by atoms with E-state index in [0.29, 0.717) is 6.29 Å². The van der Waals surface area contributed by atoms with E-state index in [1.54, 1.807) is 4.90 Å². The quantitative estimate of drug-likeness (QED) is 0.457. The van der Waals surface area contributed by atoms with Crippen LogP contribution in [0.15, 0.2) is 91.0 Å². The van der Waals surface area contributed by atoms with Crippen molar-refractivity contribution in [3.8, 4) is 0 Å². The summed E-state index contributed by atoms with van der Waals surface area (Å²) >= 11 is 0. The average Bonchev–Trinajstić information content (AvgIpc) is 3.01. The maximum atomic E-state index is 13.8. The van der Waals surface area contributed by atoms with Crippen LogP contribution in [0.5, 0.6) is 0 Å². The van der Waals surface area contributed by atoms with Gasteiger partial charge in [0, 0.05) is 13.0 Å². The van der Waals surface area contributed by atoms with Crippen molar-refractivity contribution in [1.29, 1.82) is 0 Å². The van der Waals surface area contributed by atoms with Crippen LogP contribution in [-0.2, 0) is 38.7 Å². The van der Waals surface area contributed by atoms with Gasteiger partial charge < -0.3 is 24.6 Å². The van der Waals surface area contributed by atoms with Crippen LogP contribution in [0.1, 0.15) is 16.7 Å². The average molecular weight is 500 g/mol. The van der Waals surface area contributed by atoms with Crippen LogP contribution in [0.3, 0.4) is 0 Å². The minimum atomic E-state index is -1.07. The summed E-state index contributed by atoms with van der Waals surface area (Å²) in [6.45, 7) is -0.0223. The Bertz CT molecular complexity index is 1200. The highest BCUT2D eigenvalue weighted by Crippen LogP contribution is 2.20. The molecule has 37 heavy (non-hydrogen) atoms. The van der Waals surface area contributed by atoms with E-state index in [1.165, 1.54) is 4.90 Å². The molecule has 1 aliphatic heterocycles. The summed E-state index contributed by atoms with van der Waals surface area (Å²) in [4.78, 5) is 54.4. The molecule has 8 nitrogen and oxygen atoms in total. The first kappa shape index (κ1) is 25.6. The first-order valence-electron chi connectivity index (χ1n) is 12.1. The van der Waals surface area contributed by atoms with Gasteiger partial charge in [-0.2, -0.15) is 0 Å². The van der Waals surface area contributed by atoms with Crippen LogP contribution in [0.4, 0.5) is 4.79 Å². The Kier molecular flexibility index (Phi) is 8.65. The number of rotatable bonds is 9. The first-order chi connectivity index (χ1) is 18.0. The fourth-order valence-corrected chi connectivity index (χ4v) is 4.38. The van der Waals surface area contributed by atoms with Crippen LogP contribution in [0.2, 0.25) is 0 Å². The highest BCUT2D eigenvalue weighted by molar-refractivity contribution is 5.95. The molecule has 0 saturated carbocycles. The van der Waals surface area contributed by atoms with Gasteiger partial charge in [0.2, 0.25) is 11.8 Å². The first-order valence-corrected chi connectivity index (χ1v) is 12.1. The molecule has 0 bridgehead atoms. The zero-order chi connectivity index (χ0) is 26.0. The van der Waals surface area contributed by atoms with Gasteiger partial charge in [-0.3, -0.25) is 9.59 Å². The van der Waals surface area contributed by atoms with Crippen LogP contribution < -0.4 is 5.32 Å². The Hall–Kier alpha value is -4.46. The highest BCUT2D eigenvalue weighted by atomic mass is 16.5. The summed E-state index contributed by atoms with van der Waals surface area (Å²) < 4.78 is 5.32. The van der Waals surface area contributed by atoms with Gasteiger partial charge in [0.25, 0.3) is 0 Å². The second-order valence-electron chi connectivity index (χ2n) is 8.83. The molecule has 190 valence electrons. The summed E-state index contributed by atoms with van der Waals surface area (Å²) in [5, 5.41) is 2.63. The Balaban J connectivity index is 1.59. The van der Waals surface area contributed by atoms with Crippen molar-refractivity contribution in [2.24, 2.45) is 0 Å². The third-order valence-electron chi connectivity index (χ3n) is 6.22. The van der Waals surface area contributed by atoms with Gasteiger partial charge in [0.1, 0.15) is 25.0 Å². The number of carbonyl (C=O) groups is 4. The molecule has 3 aromatic carbocycles. The van der Waals surface area contributed by atoms with E-state index in [-0.39, 0.29) is 38.6 Å². The molecule has 0 radical (unpaired) electrons. The lowest BCUT2D eigenvalue weighted by molar-refractivity contribution is -0.142. The minimum Gasteiger partial charge on any atom is -0.445 e. The molecule has 0 aromatic heterocycles. The molecule has 2 atom stereocenters. The lowest BCUT2D eigenvalue weighted by atomic mass is 10.0. The molecule has 3 amide bonds. The van der Waals surface area contributed by atoms with Crippen molar-refractivity contribution >= 4 is 24.2 Å². The summed E-state index contributed by atoms with van der Waals surface area (Å²) in [6, 6.07) is 26.0. The van der Waals surface area contributed by atoms with Crippen molar-refractivity contribution in [2.75, 3.05) is 13.1 Å². The number of hydrogen-bond acceptors (Lipinski definition) is 5. The monoisotopic (exact) mass is 499 g/mol. The molecule has 1 aliphatic rings. The van der Waals surface area contributed by atoms with Gasteiger partial charge in [-0.15, -0.1) is 0 Å². The Morgan fingerprint density at radius 1 is 0.838 bits per heavy atom. The SMILES string of the molecule is O=CCN1C(=O)C(NC(=O)OCc2ccccc2)CN(Cc2ccccc2)C(=O)C1Cc1ccccc1. The van der Waals surface area contributed by atoms with Crippen molar-refractivity contribution in [3.05, 3.63) is 108 Å². The normalized spacial score (nSPS) is 17.7. The smallest absolute Gasteiger partial charge is 0.408 e. The lowest BCUT2D eigenvalue weighted by Gasteiger charge is -2.30. The Labute approximate surface area is 215 Å². The molecular formula is C29H29N3O5. The Morgan fingerprint density at radius 2 is 1.41 bits per heavy atom. The molecule has 1 heterocycles. The van der Waals surface area contributed by atoms with E-state index in [4.69, 9.17) is 4.74 Å². The summed E-state index contributed by atoms with van der Waals surface area (Å²) in [6.07, 6.45) is 0.0677. The van der Waals surface area contributed by atoms with E-state index in [9.17, 15) is 19.2 Å². The van der Waals surface area contributed by atoms with E-state index < -0.39 is 24.1 Å². The number of carbonyl (C=O) groups excluding carboxylic acids is 4. The number of ether oxygens (including phenoxy) is 1. The zero-order valence-corrected chi connectivity index (χ0v) is 20.4. The molecule has 0 spiro atoms. The highest BCUT2D eigenvalue weighted by Gasteiger charge is 2.41. The van der Waals surface area contributed by atoms with Gasteiger partial charge in [-0.05, 0) is 16.7 Å². The van der Waals surface area contributed by atoms with Gasteiger partial charge in [0.05, 0.1) is 13.1 Å². The molecule has 8 heteroatoms. The van der Waals surface area contributed by atoms with Gasteiger partial charge in [0.15, 0.2) is 0 Å². The lowest BCUT2D eigenvalue weighted by Crippen LogP contribution is -2.53. The van der Waals surface area contributed by atoms with Gasteiger partial charge in [-0.1, -0.05) is 91.0 Å². The van der Waals surface area contributed by atoms with Crippen molar-refractivity contribution in [1.82, 2.24) is 15.1 Å². The molecule has 1 N–H and O–H groups in total. The standard InChI is InChI=1S/C29H29N3O5/c33-17-16-32-26(18-22-10-4-1-5-11-22)28(35)31(19-23-12-6-2-7-13-23)20-25(27(32)34)30-29(36)37-21-24-14-8-3-9-15-24/h1-15,17,25-26H,16,18-21H2,(H,30,36). The van der Waals surface area contributed by atoms with Crippen molar-refractivity contribution in [2.45, 2.75) is 31.7 Å². The van der Waals surface area contributed by atoms with E-state index in [2.05, 4.69) is 5.32 Å². The molecule has 4 rings (SSSR count). The maximum absolute atomic E-state index is 13.8. The Morgan fingerprint density at radius 3 is 2.00 bits per heavy atom. The second-order valence-corrected chi connectivity index (χ2v) is 8.83. The molecule has 3 aromatic rings. The molecular weight excluding hydrogens is 470 g/mol. The van der Waals surface area contributed by atoms with Gasteiger partial charge >= 0.3 is 6.09 Å². The number of hydrogen-bond donors (Lipinski definition) is 1. The van der Waals surface area contributed by atoms with Crippen LogP contribution in [0, 0.1) is 0 Å². The van der Waals surface area contributed by atoms with Crippen LogP contribution >= 0.6 is 0 Å². The van der Waals surface area contributed by atoms with Gasteiger partial charge in [-0.25, -0.2) is 4.79 Å². The number of benzene rings is 3. The maximum Gasteiger partial charge on any atom is 0.408 e. The molecule has 2 unspecified atom stereocenters. The second kappa shape index (κ2) is 12.5. The van der Waals surface area contributed by atoms with Crippen molar-refractivity contribution in [3.63, 3.8) is 0 Å². The van der Waals surface area contributed by atoms with Crippen LogP contribution in [0.25, 0.3) is 0 Å². The number of amides is 3. The van der Waals surface area contributed by atoms with Crippen molar-refractivity contribution < 1.29 is 23.9 Å². The van der Waals surface area contributed by atoms with Crippen LogP contribution in [-0.4, -0.2) is 59.2 Å². The number of nitrogens with one attached hydrogen (secondary N) is 1. The molecule has 1 saturated heterocycles. The number of alkyl carbamates (subject to hydrolysis) is 1. The van der Waals surface area contributed by atoms with E-state index >= 15 is 0 Å². The third-order valence-corrected chi connectivity index (χ3v) is 6.22. The largest absolute Gasteiger partial charge is 0.445 e. The summed E-state index contributed by atoms with van der Waals surface area (Å²) in [7, 11) is 0. The predicted octanol–water partition coefficient (Wildman–Crippen LogP) is 2.96. The predicted molar refractivity (Wildman–Crippen MR) is 137 cm³/mol. The molecule has 1 fully saturated rings. The zero-order valence-electron chi connectivity index (χ0n) is 20.4. The fraction of sp³-hybridized carbons (Fsp3) is 0.241.